The molecular formula is C16H17ClN2S. The zero-order valence-corrected chi connectivity index (χ0v) is 13.0. The van der Waals surface area contributed by atoms with Gasteiger partial charge in [0.2, 0.25) is 0 Å². The predicted molar refractivity (Wildman–Crippen MR) is 87.7 cm³/mol. The highest BCUT2D eigenvalue weighted by Crippen LogP contribution is 2.21. The van der Waals surface area contributed by atoms with E-state index in [1.165, 1.54) is 21.3 Å². The Hall–Kier alpha value is -1.29. The van der Waals surface area contributed by atoms with Crippen molar-refractivity contribution in [3.63, 3.8) is 0 Å². The number of hydrogen-bond donors (Lipinski definition) is 1. The first-order valence-corrected chi connectivity index (χ1v) is 7.93. The van der Waals surface area contributed by atoms with Crippen molar-refractivity contribution in [2.24, 2.45) is 0 Å². The van der Waals surface area contributed by atoms with Gasteiger partial charge >= 0.3 is 0 Å². The van der Waals surface area contributed by atoms with Gasteiger partial charge in [0.15, 0.2) is 0 Å². The van der Waals surface area contributed by atoms with Crippen molar-refractivity contribution in [3.05, 3.63) is 57.4 Å². The van der Waals surface area contributed by atoms with E-state index in [1.54, 1.807) is 11.3 Å². The van der Waals surface area contributed by atoms with Crippen LogP contribution in [0.5, 0.6) is 0 Å². The van der Waals surface area contributed by atoms with Crippen molar-refractivity contribution in [1.29, 1.82) is 0 Å². The first kappa shape index (κ1) is 13.7. The van der Waals surface area contributed by atoms with E-state index in [0.29, 0.717) is 0 Å². The normalized spacial score (nSPS) is 11.3. The Labute approximate surface area is 128 Å². The van der Waals surface area contributed by atoms with Crippen LogP contribution in [0.25, 0.3) is 10.9 Å². The van der Waals surface area contributed by atoms with E-state index in [-0.39, 0.29) is 0 Å². The third-order valence-corrected chi connectivity index (χ3v) is 4.72. The molecule has 0 aliphatic rings. The Balaban J connectivity index is 1.59. The summed E-state index contributed by atoms with van der Waals surface area (Å²) < 4.78 is 3.16. The van der Waals surface area contributed by atoms with E-state index >= 15 is 0 Å². The Morgan fingerprint density at radius 1 is 1.20 bits per heavy atom. The summed E-state index contributed by atoms with van der Waals surface area (Å²) >= 11 is 7.56. The molecule has 0 atom stereocenters. The minimum Gasteiger partial charge on any atom is -0.346 e. The first-order valence-electron chi connectivity index (χ1n) is 6.73. The molecule has 0 unspecified atom stereocenters. The Bertz CT molecular complexity index is 714. The molecule has 0 aliphatic carbocycles. The number of hydrogen-bond acceptors (Lipinski definition) is 2. The SMILES string of the molecule is Cc1cccc2c1ccn2CCNCc1ccc(Cl)s1. The van der Waals surface area contributed by atoms with Gasteiger partial charge in [-0.05, 0) is 36.8 Å². The molecule has 20 heavy (non-hydrogen) atoms. The maximum Gasteiger partial charge on any atom is 0.0931 e. The molecule has 0 spiro atoms. The lowest BCUT2D eigenvalue weighted by Gasteiger charge is -2.07. The molecule has 0 amide bonds. The zero-order valence-electron chi connectivity index (χ0n) is 11.4. The van der Waals surface area contributed by atoms with Crippen molar-refractivity contribution < 1.29 is 0 Å². The molecule has 3 rings (SSSR count). The first-order chi connectivity index (χ1) is 9.74. The van der Waals surface area contributed by atoms with Gasteiger partial charge in [-0.1, -0.05) is 23.7 Å². The van der Waals surface area contributed by atoms with Gasteiger partial charge in [-0.2, -0.15) is 0 Å². The Morgan fingerprint density at radius 3 is 2.90 bits per heavy atom. The van der Waals surface area contributed by atoms with Gasteiger partial charge < -0.3 is 9.88 Å². The van der Waals surface area contributed by atoms with Crippen LogP contribution in [0, 0.1) is 6.92 Å². The molecule has 0 radical (unpaired) electrons. The van der Waals surface area contributed by atoms with Gasteiger partial charge in [0.25, 0.3) is 0 Å². The summed E-state index contributed by atoms with van der Waals surface area (Å²) in [5.74, 6) is 0. The summed E-state index contributed by atoms with van der Waals surface area (Å²) in [4.78, 5) is 1.28. The average Bonchev–Trinajstić information content (AvgIpc) is 3.02. The number of aryl methyl sites for hydroxylation is 1. The van der Waals surface area contributed by atoms with Gasteiger partial charge in [0.1, 0.15) is 0 Å². The summed E-state index contributed by atoms with van der Waals surface area (Å²) in [6, 6.07) is 12.7. The molecule has 2 heterocycles. The topological polar surface area (TPSA) is 17.0 Å². The smallest absolute Gasteiger partial charge is 0.0931 e. The molecule has 2 nitrogen and oxygen atoms in total. The largest absolute Gasteiger partial charge is 0.346 e. The van der Waals surface area contributed by atoms with Crippen LogP contribution in [0.3, 0.4) is 0 Å². The highest BCUT2D eigenvalue weighted by molar-refractivity contribution is 7.16. The second-order valence-electron chi connectivity index (χ2n) is 4.90. The number of aromatic nitrogens is 1. The predicted octanol–water partition coefficient (Wildman–Crippen LogP) is 4.45. The summed E-state index contributed by atoms with van der Waals surface area (Å²) in [7, 11) is 0. The van der Waals surface area contributed by atoms with Crippen LogP contribution >= 0.6 is 22.9 Å². The molecule has 0 aliphatic heterocycles. The van der Waals surface area contributed by atoms with Gasteiger partial charge in [-0.3, -0.25) is 0 Å². The summed E-state index contributed by atoms with van der Waals surface area (Å²) in [6.07, 6.45) is 2.17. The summed E-state index contributed by atoms with van der Waals surface area (Å²) in [5, 5.41) is 4.81. The Morgan fingerprint density at radius 2 is 2.10 bits per heavy atom. The standard InChI is InChI=1S/C16H17ClN2S/c1-12-3-2-4-15-14(12)7-9-19(15)10-8-18-11-13-5-6-16(17)20-13/h2-7,9,18H,8,10-11H2,1H3. The maximum absolute atomic E-state index is 5.92. The summed E-state index contributed by atoms with van der Waals surface area (Å²) in [6.45, 7) is 4.97. The molecule has 4 heteroatoms. The Kier molecular flexibility index (Phi) is 4.10. The van der Waals surface area contributed by atoms with Gasteiger partial charge in [-0.25, -0.2) is 0 Å². The number of nitrogens with one attached hydrogen (secondary N) is 1. The van der Waals surface area contributed by atoms with Crippen LogP contribution < -0.4 is 5.32 Å². The lowest BCUT2D eigenvalue weighted by Crippen LogP contribution is -2.18. The molecule has 0 fully saturated rings. The second-order valence-corrected chi connectivity index (χ2v) is 6.70. The number of fused-ring (bicyclic) bond motifs is 1. The number of rotatable bonds is 5. The quantitative estimate of drug-likeness (QED) is 0.689. The molecule has 2 aromatic heterocycles. The van der Waals surface area contributed by atoms with Crippen LogP contribution in [0.1, 0.15) is 10.4 Å². The van der Waals surface area contributed by atoms with Crippen LogP contribution in [-0.2, 0) is 13.1 Å². The van der Waals surface area contributed by atoms with Crippen LogP contribution in [0.15, 0.2) is 42.6 Å². The molecule has 0 saturated heterocycles. The summed E-state index contributed by atoms with van der Waals surface area (Å²) in [5.41, 5.74) is 2.65. The minimum absolute atomic E-state index is 0.855. The van der Waals surface area contributed by atoms with E-state index in [9.17, 15) is 0 Å². The van der Waals surface area contributed by atoms with Crippen LogP contribution in [-0.4, -0.2) is 11.1 Å². The van der Waals surface area contributed by atoms with Crippen molar-refractivity contribution in [2.75, 3.05) is 6.54 Å². The lowest BCUT2D eigenvalue weighted by atomic mass is 10.1. The molecule has 0 bridgehead atoms. The maximum atomic E-state index is 5.92. The van der Waals surface area contributed by atoms with Crippen molar-refractivity contribution in [2.45, 2.75) is 20.0 Å². The van der Waals surface area contributed by atoms with Crippen LogP contribution in [0.2, 0.25) is 4.34 Å². The van der Waals surface area contributed by atoms with Gasteiger partial charge in [0.05, 0.1) is 4.34 Å². The molecular weight excluding hydrogens is 288 g/mol. The molecule has 1 aromatic carbocycles. The zero-order chi connectivity index (χ0) is 13.9. The third-order valence-electron chi connectivity index (χ3n) is 3.49. The van der Waals surface area contributed by atoms with Crippen molar-refractivity contribution >= 4 is 33.8 Å². The minimum atomic E-state index is 0.855. The number of thiophene rings is 1. The average molecular weight is 305 g/mol. The highest BCUT2D eigenvalue weighted by Gasteiger charge is 2.02. The van der Waals surface area contributed by atoms with Crippen molar-refractivity contribution in [3.8, 4) is 0 Å². The molecule has 0 saturated carbocycles. The van der Waals surface area contributed by atoms with Crippen molar-refractivity contribution in [1.82, 2.24) is 9.88 Å². The monoisotopic (exact) mass is 304 g/mol. The lowest BCUT2D eigenvalue weighted by molar-refractivity contribution is 0.613. The number of nitrogens with zero attached hydrogens (tertiary/aromatic N) is 1. The van der Waals surface area contributed by atoms with E-state index < -0.39 is 0 Å². The third kappa shape index (κ3) is 2.90. The molecule has 104 valence electrons. The van der Waals surface area contributed by atoms with E-state index in [0.717, 1.165) is 24.0 Å². The highest BCUT2D eigenvalue weighted by atomic mass is 35.5. The van der Waals surface area contributed by atoms with E-state index in [4.69, 9.17) is 11.6 Å². The van der Waals surface area contributed by atoms with Crippen LogP contribution in [0.4, 0.5) is 0 Å². The fraction of sp³-hybridized carbons (Fsp3) is 0.250. The second kappa shape index (κ2) is 6.00. The number of benzene rings is 1. The fourth-order valence-electron chi connectivity index (χ4n) is 2.43. The van der Waals surface area contributed by atoms with E-state index in [1.807, 2.05) is 6.07 Å². The van der Waals surface area contributed by atoms with Gasteiger partial charge in [-0.15, -0.1) is 11.3 Å². The molecule has 1 N–H and O–H groups in total. The molecule has 3 aromatic rings. The van der Waals surface area contributed by atoms with E-state index in [2.05, 4.69) is 53.3 Å². The fourth-order valence-corrected chi connectivity index (χ4v) is 3.49. The van der Waals surface area contributed by atoms with Gasteiger partial charge in [0, 0.05) is 41.6 Å². The number of halogens is 1.